The number of ether oxygens (including phenoxy) is 1. The van der Waals surface area contributed by atoms with Gasteiger partial charge in [-0.3, -0.25) is 0 Å². The molecule has 2 aliphatic carbocycles. The Morgan fingerprint density at radius 1 is 1.00 bits per heavy atom. The van der Waals surface area contributed by atoms with Crippen molar-refractivity contribution in [2.75, 3.05) is 6.61 Å². The van der Waals surface area contributed by atoms with Crippen LogP contribution >= 0.6 is 0 Å². The first-order chi connectivity index (χ1) is 6.86. The molecule has 2 fully saturated rings. The molecule has 0 spiro atoms. The van der Waals surface area contributed by atoms with Crippen molar-refractivity contribution in [1.82, 2.24) is 0 Å². The molecule has 2 saturated carbocycles. The van der Waals surface area contributed by atoms with Crippen molar-refractivity contribution >= 4 is 0 Å². The van der Waals surface area contributed by atoms with Crippen LogP contribution in [0.3, 0.4) is 0 Å². The minimum atomic E-state index is 0.303. The Morgan fingerprint density at radius 2 is 1.79 bits per heavy atom. The Hall–Kier alpha value is -0.0800. The Labute approximate surface area is 87.2 Å². The smallest absolute Gasteiger partial charge is 0.0725 e. The minimum Gasteiger partial charge on any atom is -0.377 e. The second kappa shape index (κ2) is 5.13. The SMILES string of the molecule is NC1CCCCCC1OCCC1CC1. The molecule has 0 radical (unpaired) electrons. The third kappa shape index (κ3) is 3.25. The van der Waals surface area contributed by atoms with E-state index >= 15 is 0 Å². The molecule has 0 bridgehead atoms. The molecule has 2 N–H and O–H groups in total. The average Bonchev–Trinajstić information content (AvgIpc) is 2.97. The second-order valence-corrected chi connectivity index (χ2v) is 4.94. The van der Waals surface area contributed by atoms with Crippen molar-refractivity contribution in [2.45, 2.75) is 63.5 Å². The molecule has 0 saturated heterocycles. The van der Waals surface area contributed by atoms with Crippen LogP contribution in [0.15, 0.2) is 0 Å². The van der Waals surface area contributed by atoms with E-state index in [1.807, 2.05) is 0 Å². The first-order valence-electron chi connectivity index (χ1n) is 6.23. The molecule has 0 aromatic carbocycles. The van der Waals surface area contributed by atoms with Gasteiger partial charge in [0.15, 0.2) is 0 Å². The summed E-state index contributed by atoms with van der Waals surface area (Å²) in [5, 5.41) is 0. The van der Waals surface area contributed by atoms with Crippen molar-refractivity contribution in [2.24, 2.45) is 11.7 Å². The summed E-state index contributed by atoms with van der Waals surface area (Å²) in [6, 6.07) is 0.303. The van der Waals surface area contributed by atoms with Crippen LogP contribution in [0, 0.1) is 5.92 Å². The number of hydrogen-bond acceptors (Lipinski definition) is 2. The van der Waals surface area contributed by atoms with Gasteiger partial charge in [0.1, 0.15) is 0 Å². The summed E-state index contributed by atoms with van der Waals surface area (Å²) >= 11 is 0. The molecule has 2 atom stereocenters. The van der Waals surface area contributed by atoms with Crippen LogP contribution in [-0.2, 0) is 4.74 Å². The van der Waals surface area contributed by atoms with Gasteiger partial charge in [-0.05, 0) is 25.2 Å². The quantitative estimate of drug-likeness (QED) is 0.703. The van der Waals surface area contributed by atoms with Gasteiger partial charge in [-0.2, -0.15) is 0 Å². The second-order valence-electron chi connectivity index (χ2n) is 4.94. The fourth-order valence-electron chi connectivity index (χ4n) is 2.30. The molecule has 0 aliphatic heterocycles. The van der Waals surface area contributed by atoms with Gasteiger partial charge in [0.2, 0.25) is 0 Å². The van der Waals surface area contributed by atoms with Gasteiger partial charge >= 0.3 is 0 Å². The van der Waals surface area contributed by atoms with E-state index in [9.17, 15) is 0 Å². The lowest BCUT2D eigenvalue weighted by molar-refractivity contribution is 0.0279. The van der Waals surface area contributed by atoms with Gasteiger partial charge in [0.05, 0.1) is 6.10 Å². The predicted molar refractivity (Wildman–Crippen MR) is 58.1 cm³/mol. The van der Waals surface area contributed by atoms with Gasteiger partial charge < -0.3 is 10.5 Å². The van der Waals surface area contributed by atoms with Crippen LogP contribution < -0.4 is 5.73 Å². The van der Waals surface area contributed by atoms with Gasteiger partial charge in [0.25, 0.3) is 0 Å². The maximum absolute atomic E-state index is 6.09. The lowest BCUT2D eigenvalue weighted by Gasteiger charge is -2.21. The highest BCUT2D eigenvalue weighted by molar-refractivity contribution is 4.78. The molecule has 2 heteroatoms. The zero-order valence-electron chi connectivity index (χ0n) is 9.08. The molecule has 0 amide bonds. The van der Waals surface area contributed by atoms with Gasteiger partial charge in [-0.25, -0.2) is 0 Å². The van der Waals surface area contributed by atoms with Crippen molar-refractivity contribution < 1.29 is 4.74 Å². The van der Waals surface area contributed by atoms with E-state index in [1.54, 1.807) is 0 Å². The Balaban J connectivity index is 1.64. The fourth-order valence-corrected chi connectivity index (χ4v) is 2.30. The Bertz CT molecular complexity index is 168. The molecule has 2 aliphatic rings. The summed E-state index contributed by atoms with van der Waals surface area (Å²) in [5.74, 6) is 0.983. The number of hydrogen-bond donors (Lipinski definition) is 1. The van der Waals surface area contributed by atoms with E-state index in [0.29, 0.717) is 12.1 Å². The zero-order chi connectivity index (χ0) is 9.80. The largest absolute Gasteiger partial charge is 0.377 e. The van der Waals surface area contributed by atoms with Gasteiger partial charge in [-0.1, -0.05) is 32.1 Å². The summed E-state index contributed by atoms with van der Waals surface area (Å²) in [4.78, 5) is 0. The van der Waals surface area contributed by atoms with Crippen LogP contribution in [0.25, 0.3) is 0 Å². The highest BCUT2D eigenvalue weighted by atomic mass is 16.5. The molecule has 2 rings (SSSR count). The molecule has 2 nitrogen and oxygen atoms in total. The van der Waals surface area contributed by atoms with Crippen LogP contribution in [-0.4, -0.2) is 18.8 Å². The number of nitrogens with two attached hydrogens (primary N) is 1. The van der Waals surface area contributed by atoms with Crippen LogP contribution in [0.4, 0.5) is 0 Å². The summed E-state index contributed by atoms with van der Waals surface area (Å²) in [7, 11) is 0. The summed E-state index contributed by atoms with van der Waals surface area (Å²) in [6.07, 6.45) is 10.8. The molecular weight excluding hydrogens is 174 g/mol. The zero-order valence-corrected chi connectivity index (χ0v) is 9.08. The third-order valence-corrected chi connectivity index (χ3v) is 3.56. The van der Waals surface area contributed by atoms with E-state index in [2.05, 4.69) is 0 Å². The molecule has 2 unspecified atom stereocenters. The summed E-state index contributed by atoms with van der Waals surface area (Å²) in [5.41, 5.74) is 6.09. The fraction of sp³-hybridized carbons (Fsp3) is 1.00. The van der Waals surface area contributed by atoms with Crippen molar-refractivity contribution in [1.29, 1.82) is 0 Å². The van der Waals surface area contributed by atoms with E-state index in [0.717, 1.165) is 18.9 Å². The third-order valence-electron chi connectivity index (χ3n) is 3.56. The van der Waals surface area contributed by atoms with Crippen molar-refractivity contribution in [3.63, 3.8) is 0 Å². The topological polar surface area (TPSA) is 35.2 Å². The maximum Gasteiger partial charge on any atom is 0.0725 e. The molecule has 82 valence electrons. The number of rotatable bonds is 4. The van der Waals surface area contributed by atoms with E-state index in [4.69, 9.17) is 10.5 Å². The Kier molecular flexibility index (Phi) is 3.82. The Morgan fingerprint density at radius 3 is 2.57 bits per heavy atom. The standard InChI is InChI=1S/C12H23NO/c13-11-4-2-1-3-5-12(11)14-9-8-10-6-7-10/h10-12H,1-9,13H2. The minimum absolute atomic E-state index is 0.303. The van der Waals surface area contributed by atoms with Gasteiger partial charge in [0, 0.05) is 12.6 Å². The first-order valence-corrected chi connectivity index (χ1v) is 6.23. The average molecular weight is 197 g/mol. The molecule has 14 heavy (non-hydrogen) atoms. The monoisotopic (exact) mass is 197 g/mol. The highest BCUT2D eigenvalue weighted by Gasteiger charge is 2.24. The van der Waals surface area contributed by atoms with Gasteiger partial charge in [-0.15, -0.1) is 0 Å². The van der Waals surface area contributed by atoms with Crippen LogP contribution in [0.5, 0.6) is 0 Å². The van der Waals surface area contributed by atoms with Crippen LogP contribution in [0.2, 0.25) is 0 Å². The molecular formula is C12H23NO. The van der Waals surface area contributed by atoms with Crippen LogP contribution in [0.1, 0.15) is 51.4 Å². The lowest BCUT2D eigenvalue weighted by Crippen LogP contribution is -2.36. The molecule has 0 aromatic rings. The van der Waals surface area contributed by atoms with E-state index < -0.39 is 0 Å². The van der Waals surface area contributed by atoms with Crippen molar-refractivity contribution in [3.8, 4) is 0 Å². The van der Waals surface area contributed by atoms with E-state index in [-0.39, 0.29) is 0 Å². The maximum atomic E-state index is 6.09. The summed E-state index contributed by atoms with van der Waals surface area (Å²) in [6.45, 7) is 0.947. The predicted octanol–water partition coefficient (Wildman–Crippen LogP) is 2.46. The molecule has 0 aromatic heterocycles. The lowest BCUT2D eigenvalue weighted by atomic mass is 10.1. The van der Waals surface area contributed by atoms with Crippen molar-refractivity contribution in [3.05, 3.63) is 0 Å². The summed E-state index contributed by atoms with van der Waals surface area (Å²) < 4.78 is 5.90. The molecule has 0 heterocycles. The highest BCUT2D eigenvalue weighted by Crippen LogP contribution is 2.32. The normalized spacial score (nSPS) is 34.1. The first kappa shape index (κ1) is 10.4. The van der Waals surface area contributed by atoms with E-state index in [1.165, 1.54) is 44.9 Å².